The number of aromatic nitrogens is 2. The summed E-state index contributed by atoms with van der Waals surface area (Å²) in [5.74, 6) is 0.410. The fraction of sp³-hybridized carbons (Fsp3) is 0.200. The van der Waals surface area contributed by atoms with E-state index in [1.54, 1.807) is 23.2 Å². The van der Waals surface area contributed by atoms with Crippen LogP contribution in [0.25, 0.3) is 10.9 Å². The van der Waals surface area contributed by atoms with Gasteiger partial charge in [0.15, 0.2) is 0 Å². The van der Waals surface area contributed by atoms with E-state index >= 15 is 0 Å². The maximum atomic E-state index is 11.7. The molecule has 0 saturated carbocycles. The summed E-state index contributed by atoms with van der Waals surface area (Å²) in [6, 6.07) is 5.05. The number of H-pyrrole nitrogens is 1. The monoisotopic (exact) mass is 219 g/mol. The SMILES string of the molecule is CN(C)Nc1nc2ccc(N)cc2c(=O)[nH]1. The van der Waals surface area contributed by atoms with Crippen LogP contribution in [0.2, 0.25) is 0 Å². The van der Waals surface area contributed by atoms with Crippen molar-refractivity contribution >= 4 is 22.5 Å². The van der Waals surface area contributed by atoms with Crippen LogP contribution >= 0.6 is 0 Å². The summed E-state index contributed by atoms with van der Waals surface area (Å²) in [5, 5.41) is 2.19. The molecule has 0 aliphatic heterocycles. The molecule has 4 N–H and O–H groups in total. The summed E-state index contributed by atoms with van der Waals surface area (Å²) in [7, 11) is 3.63. The van der Waals surface area contributed by atoms with Crippen LogP contribution in [0.5, 0.6) is 0 Å². The molecule has 0 radical (unpaired) electrons. The zero-order valence-corrected chi connectivity index (χ0v) is 9.11. The molecule has 1 aromatic heterocycles. The zero-order chi connectivity index (χ0) is 11.7. The van der Waals surface area contributed by atoms with Gasteiger partial charge < -0.3 is 5.73 Å². The predicted molar refractivity (Wildman–Crippen MR) is 64.1 cm³/mol. The predicted octanol–water partition coefficient (Wildman–Crippen LogP) is 0.394. The second-order valence-corrected chi connectivity index (χ2v) is 3.70. The number of nitrogens with two attached hydrogens (primary N) is 1. The van der Waals surface area contributed by atoms with E-state index in [-0.39, 0.29) is 5.56 Å². The summed E-state index contributed by atoms with van der Waals surface area (Å²) in [6.45, 7) is 0. The first kappa shape index (κ1) is 10.4. The molecule has 0 fully saturated rings. The lowest BCUT2D eigenvalue weighted by atomic mass is 10.2. The molecule has 6 heteroatoms. The number of hydrogen-bond acceptors (Lipinski definition) is 5. The molecule has 0 aliphatic rings. The van der Waals surface area contributed by atoms with Crippen LogP contribution in [0.1, 0.15) is 0 Å². The number of aromatic amines is 1. The van der Waals surface area contributed by atoms with Crippen LogP contribution in [0.3, 0.4) is 0 Å². The van der Waals surface area contributed by atoms with Crippen molar-refractivity contribution < 1.29 is 0 Å². The van der Waals surface area contributed by atoms with Crippen molar-refractivity contribution in [1.29, 1.82) is 0 Å². The van der Waals surface area contributed by atoms with Crippen LogP contribution in [0.4, 0.5) is 11.6 Å². The third kappa shape index (κ3) is 1.96. The zero-order valence-electron chi connectivity index (χ0n) is 9.11. The van der Waals surface area contributed by atoms with Gasteiger partial charge in [0, 0.05) is 19.8 Å². The van der Waals surface area contributed by atoms with E-state index < -0.39 is 0 Å². The van der Waals surface area contributed by atoms with E-state index in [9.17, 15) is 4.79 Å². The minimum Gasteiger partial charge on any atom is -0.399 e. The molecule has 2 rings (SSSR count). The standard InChI is InChI=1S/C10H13N5O/c1-15(2)14-10-12-8-4-3-6(11)5-7(8)9(16)13-10/h3-5H,11H2,1-2H3,(H2,12,13,14,16). The molecule has 0 spiro atoms. The van der Waals surface area contributed by atoms with Gasteiger partial charge in [-0.25, -0.2) is 9.99 Å². The first-order chi connectivity index (χ1) is 7.56. The Balaban J connectivity index is 2.59. The Morgan fingerprint density at radius 3 is 2.88 bits per heavy atom. The second-order valence-electron chi connectivity index (χ2n) is 3.70. The summed E-state index contributed by atoms with van der Waals surface area (Å²) in [5.41, 5.74) is 9.45. The van der Waals surface area contributed by atoms with Gasteiger partial charge in [-0.05, 0) is 18.2 Å². The Bertz CT molecular complexity index is 575. The van der Waals surface area contributed by atoms with Gasteiger partial charge in [0.05, 0.1) is 10.9 Å². The number of nitrogen functional groups attached to an aromatic ring is 1. The topological polar surface area (TPSA) is 87.0 Å². The number of nitrogens with one attached hydrogen (secondary N) is 2. The number of benzene rings is 1. The van der Waals surface area contributed by atoms with E-state index in [0.717, 1.165) is 0 Å². The lowest BCUT2D eigenvalue weighted by Gasteiger charge is -2.12. The molecule has 0 saturated heterocycles. The normalized spacial score (nSPS) is 10.9. The van der Waals surface area contributed by atoms with Crippen molar-refractivity contribution in [2.45, 2.75) is 0 Å². The minimum absolute atomic E-state index is 0.207. The van der Waals surface area contributed by atoms with Crippen LogP contribution in [0.15, 0.2) is 23.0 Å². The number of fused-ring (bicyclic) bond motifs is 1. The molecule has 84 valence electrons. The van der Waals surface area contributed by atoms with Crippen molar-refractivity contribution in [3.63, 3.8) is 0 Å². The van der Waals surface area contributed by atoms with Crippen LogP contribution < -0.4 is 16.7 Å². The molecule has 1 heterocycles. The van der Waals surface area contributed by atoms with E-state index in [2.05, 4.69) is 15.4 Å². The molecule has 1 aromatic carbocycles. The average Bonchev–Trinajstić information content (AvgIpc) is 2.18. The average molecular weight is 219 g/mol. The maximum absolute atomic E-state index is 11.7. The number of anilines is 2. The fourth-order valence-corrected chi connectivity index (χ4v) is 1.42. The largest absolute Gasteiger partial charge is 0.399 e. The van der Waals surface area contributed by atoms with Crippen molar-refractivity contribution in [2.75, 3.05) is 25.3 Å². The number of hydrazine groups is 1. The molecule has 0 unspecified atom stereocenters. The van der Waals surface area contributed by atoms with Crippen molar-refractivity contribution in [2.24, 2.45) is 0 Å². The van der Waals surface area contributed by atoms with Crippen molar-refractivity contribution in [1.82, 2.24) is 15.0 Å². The van der Waals surface area contributed by atoms with Gasteiger partial charge in [-0.3, -0.25) is 15.2 Å². The van der Waals surface area contributed by atoms with E-state index in [4.69, 9.17) is 5.73 Å². The molecule has 16 heavy (non-hydrogen) atoms. The van der Waals surface area contributed by atoms with Crippen molar-refractivity contribution in [3.05, 3.63) is 28.6 Å². The van der Waals surface area contributed by atoms with E-state index in [1.165, 1.54) is 0 Å². The second kappa shape index (κ2) is 3.82. The minimum atomic E-state index is -0.207. The third-order valence-corrected chi connectivity index (χ3v) is 2.06. The first-order valence-corrected chi connectivity index (χ1v) is 4.80. The number of rotatable bonds is 2. The highest BCUT2D eigenvalue weighted by Gasteiger charge is 2.04. The van der Waals surface area contributed by atoms with Gasteiger partial charge in [0.25, 0.3) is 5.56 Å². The van der Waals surface area contributed by atoms with Gasteiger partial charge in [0.1, 0.15) is 0 Å². The molecule has 0 atom stereocenters. The lowest BCUT2D eigenvalue weighted by Crippen LogP contribution is -2.23. The Morgan fingerprint density at radius 2 is 2.19 bits per heavy atom. The Hall–Kier alpha value is -2.08. The Morgan fingerprint density at radius 1 is 1.44 bits per heavy atom. The van der Waals surface area contributed by atoms with Gasteiger partial charge >= 0.3 is 0 Å². The molecule has 0 aliphatic carbocycles. The molecule has 2 aromatic rings. The molecular weight excluding hydrogens is 206 g/mol. The highest BCUT2D eigenvalue weighted by atomic mass is 16.1. The summed E-state index contributed by atoms with van der Waals surface area (Å²) in [6.07, 6.45) is 0. The molecule has 0 amide bonds. The van der Waals surface area contributed by atoms with Gasteiger partial charge in [-0.2, -0.15) is 0 Å². The Kier molecular flexibility index (Phi) is 2.49. The van der Waals surface area contributed by atoms with Crippen LogP contribution in [0, 0.1) is 0 Å². The van der Waals surface area contributed by atoms with Gasteiger partial charge in [-0.1, -0.05) is 0 Å². The lowest BCUT2D eigenvalue weighted by molar-refractivity contribution is 0.489. The van der Waals surface area contributed by atoms with Crippen LogP contribution in [-0.2, 0) is 0 Å². The van der Waals surface area contributed by atoms with Gasteiger partial charge in [-0.15, -0.1) is 0 Å². The molecule has 0 bridgehead atoms. The summed E-state index contributed by atoms with van der Waals surface area (Å²) in [4.78, 5) is 18.6. The molecule has 6 nitrogen and oxygen atoms in total. The third-order valence-electron chi connectivity index (χ3n) is 2.06. The number of hydrogen-bond donors (Lipinski definition) is 3. The summed E-state index contributed by atoms with van der Waals surface area (Å²) < 4.78 is 0. The highest BCUT2D eigenvalue weighted by molar-refractivity contribution is 5.81. The highest BCUT2D eigenvalue weighted by Crippen LogP contribution is 2.12. The van der Waals surface area contributed by atoms with Crippen LogP contribution in [-0.4, -0.2) is 29.1 Å². The fourth-order valence-electron chi connectivity index (χ4n) is 1.42. The van der Waals surface area contributed by atoms with Gasteiger partial charge in [0.2, 0.25) is 5.95 Å². The number of nitrogens with zero attached hydrogens (tertiary/aromatic N) is 2. The maximum Gasteiger partial charge on any atom is 0.260 e. The smallest absolute Gasteiger partial charge is 0.260 e. The summed E-state index contributed by atoms with van der Waals surface area (Å²) >= 11 is 0. The van der Waals surface area contributed by atoms with E-state index in [0.29, 0.717) is 22.5 Å². The Labute approximate surface area is 92.1 Å². The quantitative estimate of drug-likeness (QED) is 0.502. The van der Waals surface area contributed by atoms with E-state index in [1.807, 2.05) is 14.1 Å². The first-order valence-electron chi connectivity index (χ1n) is 4.80. The van der Waals surface area contributed by atoms with Crippen molar-refractivity contribution in [3.8, 4) is 0 Å². The molecular formula is C10H13N5O.